The molecule has 1 aliphatic rings. The Morgan fingerprint density at radius 3 is 2.80 bits per heavy atom. The number of piperazine rings is 1. The average molecular weight is 403 g/mol. The summed E-state index contributed by atoms with van der Waals surface area (Å²) in [6.45, 7) is 10.3. The Balaban J connectivity index is 1.50. The lowest BCUT2D eigenvalue weighted by Gasteiger charge is -2.40. The molecule has 0 unspecified atom stereocenters. The van der Waals surface area contributed by atoms with Crippen LogP contribution >= 0.6 is 0 Å². The maximum atomic E-state index is 12.9. The summed E-state index contributed by atoms with van der Waals surface area (Å²) in [5.41, 5.74) is 4.57. The summed E-state index contributed by atoms with van der Waals surface area (Å²) in [7, 11) is 0. The number of anilines is 1. The summed E-state index contributed by atoms with van der Waals surface area (Å²) in [5, 5.41) is 0. The van der Waals surface area contributed by atoms with E-state index in [4.69, 9.17) is 9.40 Å². The van der Waals surface area contributed by atoms with Crippen LogP contribution in [0.3, 0.4) is 0 Å². The quantitative estimate of drug-likeness (QED) is 0.523. The summed E-state index contributed by atoms with van der Waals surface area (Å²) in [5.74, 6) is 0.621. The van der Waals surface area contributed by atoms with Crippen LogP contribution in [0, 0.1) is 6.92 Å². The van der Waals surface area contributed by atoms with E-state index in [1.165, 1.54) is 0 Å². The van der Waals surface area contributed by atoms with Gasteiger partial charge in [-0.3, -0.25) is 14.1 Å². The molecule has 7 heteroatoms. The highest BCUT2D eigenvalue weighted by molar-refractivity contribution is 5.79. The number of aromatic nitrogens is 3. The zero-order chi connectivity index (χ0) is 20.8. The van der Waals surface area contributed by atoms with Crippen LogP contribution in [-0.4, -0.2) is 51.5 Å². The van der Waals surface area contributed by atoms with Crippen molar-refractivity contribution in [3.05, 3.63) is 58.8 Å². The van der Waals surface area contributed by atoms with Gasteiger partial charge in [0.2, 0.25) is 0 Å². The van der Waals surface area contributed by atoms with Crippen LogP contribution in [0.5, 0.6) is 0 Å². The molecule has 0 bridgehead atoms. The first kappa shape index (κ1) is 18.8. The van der Waals surface area contributed by atoms with Crippen molar-refractivity contribution < 1.29 is 4.42 Å². The van der Waals surface area contributed by atoms with Crippen molar-refractivity contribution in [1.82, 2.24) is 19.3 Å². The van der Waals surface area contributed by atoms with Crippen LogP contribution in [-0.2, 0) is 0 Å². The van der Waals surface area contributed by atoms with E-state index < -0.39 is 0 Å². The summed E-state index contributed by atoms with van der Waals surface area (Å²) in [4.78, 5) is 26.8. The van der Waals surface area contributed by atoms with E-state index in [0.29, 0.717) is 28.9 Å². The van der Waals surface area contributed by atoms with Crippen molar-refractivity contribution in [3.63, 3.8) is 0 Å². The maximum absolute atomic E-state index is 12.9. The summed E-state index contributed by atoms with van der Waals surface area (Å²) < 4.78 is 7.26. The van der Waals surface area contributed by atoms with Gasteiger partial charge in [-0.1, -0.05) is 13.0 Å². The number of aryl methyl sites for hydroxylation is 1. The second-order valence-corrected chi connectivity index (χ2v) is 7.93. The Kier molecular flexibility index (Phi) is 4.55. The molecule has 4 aromatic rings. The van der Waals surface area contributed by atoms with Gasteiger partial charge >= 0.3 is 0 Å². The largest absolute Gasteiger partial charge is 0.441 e. The van der Waals surface area contributed by atoms with Crippen LogP contribution in [0.2, 0.25) is 0 Å². The topological polar surface area (TPSA) is 66.9 Å². The molecule has 0 radical (unpaired) electrons. The normalized spacial score (nSPS) is 17.8. The molecule has 1 atom stereocenters. The summed E-state index contributed by atoms with van der Waals surface area (Å²) in [6, 6.07) is 11.8. The first-order valence-electron chi connectivity index (χ1n) is 10.4. The SMILES string of the molecule is CCN1CCN(c2ccc3nc(-c4ccc5nc(C)oc5c4)cc(=O)n3c2)C[C@@H]1C. The van der Waals surface area contributed by atoms with Crippen LogP contribution in [0.1, 0.15) is 19.7 Å². The van der Waals surface area contributed by atoms with Gasteiger partial charge < -0.3 is 9.32 Å². The molecule has 4 heterocycles. The number of benzene rings is 1. The van der Waals surface area contributed by atoms with E-state index in [0.717, 1.165) is 42.9 Å². The second kappa shape index (κ2) is 7.25. The predicted octanol–water partition coefficient (Wildman–Crippen LogP) is 3.34. The number of hydrogen-bond donors (Lipinski definition) is 0. The maximum Gasteiger partial charge on any atom is 0.258 e. The monoisotopic (exact) mass is 403 g/mol. The lowest BCUT2D eigenvalue weighted by molar-refractivity contribution is 0.199. The molecule has 7 nitrogen and oxygen atoms in total. The van der Waals surface area contributed by atoms with Gasteiger partial charge in [0.05, 0.1) is 11.4 Å². The fourth-order valence-corrected chi connectivity index (χ4v) is 4.33. The first-order valence-corrected chi connectivity index (χ1v) is 10.4. The summed E-state index contributed by atoms with van der Waals surface area (Å²) >= 11 is 0. The Morgan fingerprint density at radius 2 is 2.00 bits per heavy atom. The molecule has 154 valence electrons. The Hall–Kier alpha value is -3.19. The zero-order valence-electron chi connectivity index (χ0n) is 17.5. The summed E-state index contributed by atoms with van der Waals surface area (Å²) in [6.07, 6.45) is 1.91. The van der Waals surface area contributed by atoms with Gasteiger partial charge in [-0.05, 0) is 37.7 Å². The number of oxazole rings is 1. The number of nitrogens with zero attached hydrogens (tertiary/aromatic N) is 5. The Labute approximate surface area is 174 Å². The lowest BCUT2D eigenvalue weighted by atomic mass is 10.1. The van der Waals surface area contributed by atoms with Gasteiger partial charge in [-0.25, -0.2) is 9.97 Å². The van der Waals surface area contributed by atoms with E-state index in [1.54, 1.807) is 10.5 Å². The molecular weight excluding hydrogens is 378 g/mol. The molecule has 0 aliphatic carbocycles. The third-order valence-corrected chi connectivity index (χ3v) is 5.97. The number of likely N-dealkylation sites (N-methyl/N-ethyl adjacent to an activating group) is 1. The van der Waals surface area contributed by atoms with Crippen molar-refractivity contribution in [2.45, 2.75) is 26.8 Å². The van der Waals surface area contributed by atoms with E-state index in [-0.39, 0.29) is 5.56 Å². The molecule has 1 aromatic carbocycles. The van der Waals surface area contributed by atoms with Crippen molar-refractivity contribution in [2.75, 3.05) is 31.1 Å². The standard InChI is InChI=1S/C23H25N5O2/c1-4-26-9-10-27(13-15(26)2)18-6-8-22-25-20(12-23(29)28(22)14-18)17-5-7-19-21(11-17)30-16(3)24-19/h5-8,11-12,14-15H,4,9-10,13H2,1-3H3/t15-/m0/s1. The van der Waals surface area contributed by atoms with Crippen molar-refractivity contribution in [3.8, 4) is 11.3 Å². The second-order valence-electron chi connectivity index (χ2n) is 7.93. The minimum Gasteiger partial charge on any atom is -0.441 e. The molecule has 0 N–H and O–H groups in total. The Morgan fingerprint density at radius 1 is 1.13 bits per heavy atom. The molecule has 0 amide bonds. The van der Waals surface area contributed by atoms with Gasteiger partial charge in [0.15, 0.2) is 11.5 Å². The van der Waals surface area contributed by atoms with Crippen molar-refractivity contribution in [1.29, 1.82) is 0 Å². The predicted molar refractivity (Wildman–Crippen MR) is 118 cm³/mol. The fourth-order valence-electron chi connectivity index (χ4n) is 4.33. The smallest absolute Gasteiger partial charge is 0.258 e. The minimum atomic E-state index is -0.0917. The molecule has 0 spiro atoms. The molecule has 5 rings (SSSR count). The highest BCUT2D eigenvalue weighted by Gasteiger charge is 2.22. The van der Waals surface area contributed by atoms with Gasteiger partial charge in [0.25, 0.3) is 5.56 Å². The Bertz CT molecular complexity index is 1290. The van der Waals surface area contributed by atoms with Gasteiger partial charge in [0, 0.05) is 50.4 Å². The fraction of sp³-hybridized carbons (Fsp3) is 0.348. The molecule has 1 aliphatic heterocycles. The molecule has 3 aromatic heterocycles. The molecule has 1 fully saturated rings. The number of pyridine rings is 1. The zero-order valence-corrected chi connectivity index (χ0v) is 17.5. The highest BCUT2D eigenvalue weighted by Crippen LogP contribution is 2.24. The molecular formula is C23H25N5O2. The van der Waals surface area contributed by atoms with E-state index >= 15 is 0 Å². The first-order chi connectivity index (χ1) is 14.5. The van der Waals surface area contributed by atoms with E-state index in [9.17, 15) is 4.79 Å². The molecule has 30 heavy (non-hydrogen) atoms. The van der Waals surface area contributed by atoms with Crippen LogP contribution in [0.4, 0.5) is 5.69 Å². The third-order valence-electron chi connectivity index (χ3n) is 5.97. The van der Waals surface area contributed by atoms with Gasteiger partial charge in [-0.15, -0.1) is 0 Å². The van der Waals surface area contributed by atoms with Crippen LogP contribution in [0.15, 0.2) is 51.8 Å². The molecule has 1 saturated heterocycles. The van der Waals surface area contributed by atoms with Gasteiger partial charge in [0.1, 0.15) is 11.2 Å². The van der Waals surface area contributed by atoms with Crippen molar-refractivity contribution >= 4 is 22.4 Å². The lowest BCUT2D eigenvalue weighted by Crippen LogP contribution is -2.51. The van der Waals surface area contributed by atoms with Crippen LogP contribution < -0.4 is 10.5 Å². The van der Waals surface area contributed by atoms with E-state index in [1.807, 2.05) is 37.4 Å². The third kappa shape index (κ3) is 3.25. The average Bonchev–Trinajstić information content (AvgIpc) is 3.12. The van der Waals surface area contributed by atoms with Gasteiger partial charge in [-0.2, -0.15) is 0 Å². The minimum absolute atomic E-state index is 0.0917. The van der Waals surface area contributed by atoms with Crippen LogP contribution in [0.25, 0.3) is 28.0 Å². The van der Waals surface area contributed by atoms with Crippen molar-refractivity contribution in [2.24, 2.45) is 0 Å². The van der Waals surface area contributed by atoms with E-state index in [2.05, 4.69) is 34.7 Å². The molecule has 0 saturated carbocycles. The highest BCUT2D eigenvalue weighted by atomic mass is 16.3. The number of hydrogen-bond acceptors (Lipinski definition) is 6. The number of rotatable bonds is 3. The number of fused-ring (bicyclic) bond motifs is 2.